The van der Waals surface area contributed by atoms with Crippen LogP contribution < -0.4 is 16.0 Å². The van der Waals surface area contributed by atoms with Crippen LogP contribution in [0.1, 0.15) is 9.67 Å². The van der Waals surface area contributed by atoms with Gasteiger partial charge in [-0.25, -0.2) is 4.79 Å². The van der Waals surface area contributed by atoms with Gasteiger partial charge in [-0.3, -0.25) is 10.1 Å². The molecule has 0 fully saturated rings. The Bertz CT molecular complexity index is 893. The molecule has 3 N–H and O–H groups in total. The van der Waals surface area contributed by atoms with E-state index in [1.165, 1.54) is 11.3 Å². The number of thioether (sulfide) groups is 1. The van der Waals surface area contributed by atoms with Crippen LogP contribution in [-0.4, -0.2) is 18.2 Å². The van der Waals surface area contributed by atoms with Gasteiger partial charge in [-0.05, 0) is 54.8 Å². The Balaban J connectivity index is 1.58. The summed E-state index contributed by atoms with van der Waals surface area (Å²) in [7, 11) is 0. The van der Waals surface area contributed by atoms with Crippen molar-refractivity contribution in [1.82, 2.24) is 0 Å². The Labute approximate surface area is 159 Å². The molecule has 0 aliphatic rings. The summed E-state index contributed by atoms with van der Waals surface area (Å²) in [6, 6.07) is 19.8. The van der Waals surface area contributed by atoms with E-state index in [2.05, 4.69) is 16.0 Å². The van der Waals surface area contributed by atoms with Crippen molar-refractivity contribution in [3.05, 3.63) is 71.6 Å². The van der Waals surface area contributed by atoms with Crippen molar-refractivity contribution < 1.29 is 9.59 Å². The first kappa shape index (κ1) is 18.0. The average Bonchev–Trinajstić information content (AvgIpc) is 3.11. The summed E-state index contributed by atoms with van der Waals surface area (Å²) in [5.74, 6) is -0.205. The van der Waals surface area contributed by atoms with Crippen LogP contribution in [0.3, 0.4) is 0 Å². The highest BCUT2D eigenvalue weighted by molar-refractivity contribution is 7.98. The van der Waals surface area contributed by atoms with Gasteiger partial charge >= 0.3 is 6.03 Å². The summed E-state index contributed by atoms with van der Waals surface area (Å²) in [5, 5.41) is 8.91. The lowest BCUT2D eigenvalue weighted by atomic mass is 10.3. The standard InChI is InChI=1S/C19H17N3O2S2/c1-25-15-9-7-14(8-10-15)20-18(23)16-11-12-17(26-16)22-19(24)21-13-5-3-2-4-6-13/h2-12H,1H3,(H,20,23)(H2,21,22,24). The van der Waals surface area contributed by atoms with E-state index in [0.29, 0.717) is 15.6 Å². The highest BCUT2D eigenvalue weighted by atomic mass is 32.2. The van der Waals surface area contributed by atoms with Gasteiger partial charge in [0.1, 0.15) is 0 Å². The van der Waals surface area contributed by atoms with Gasteiger partial charge in [-0.1, -0.05) is 18.2 Å². The van der Waals surface area contributed by atoms with E-state index in [9.17, 15) is 9.59 Å². The van der Waals surface area contributed by atoms with Crippen LogP contribution in [0.2, 0.25) is 0 Å². The highest BCUT2D eigenvalue weighted by Crippen LogP contribution is 2.24. The zero-order chi connectivity index (χ0) is 18.4. The molecule has 3 amide bonds. The number of hydrogen-bond acceptors (Lipinski definition) is 4. The molecule has 3 aromatic rings. The Kier molecular flexibility index (Phi) is 5.93. The molecule has 132 valence electrons. The van der Waals surface area contributed by atoms with Crippen molar-refractivity contribution in [3.8, 4) is 0 Å². The minimum Gasteiger partial charge on any atom is -0.321 e. The number of rotatable bonds is 5. The smallest absolute Gasteiger partial charge is 0.321 e. The number of anilines is 3. The number of thiophene rings is 1. The van der Waals surface area contributed by atoms with Crippen molar-refractivity contribution in [2.24, 2.45) is 0 Å². The predicted molar refractivity (Wildman–Crippen MR) is 110 cm³/mol. The second kappa shape index (κ2) is 8.55. The molecule has 5 nitrogen and oxygen atoms in total. The topological polar surface area (TPSA) is 70.2 Å². The zero-order valence-electron chi connectivity index (χ0n) is 14.0. The Morgan fingerprint density at radius 2 is 1.50 bits per heavy atom. The molecule has 0 saturated carbocycles. The lowest BCUT2D eigenvalue weighted by Gasteiger charge is -2.05. The van der Waals surface area contributed by atoms with E-state index in [-0.39, 0.29) is 11.9 Å². The zero-order valence-corrected chi connectivity index (χ0v) is 15.6. The summed E-state index contributed by atoms with van der Waals surface area (Å²) < 4.78 is 0. The van der Waals surface area contributed by atoms with E-state index < -0.39 is 0 Å². The lowest BCUT2D eigenvalue weighted by molar-refractivity contribution is 0.103. The Morgan fingerprint density at radius 3 is 2.19 bits per heavy atom. The van der Waals surface area contributed by atoms with Crippen LogP contribution in [0, 0.1) is 0 Å². The number of benzene rings is 2. The molecule has 0 bridgehead atoms. The average molecular weight is 383 g/mol. The molecule has 3 rings (SSSR count). The van der Waals surface area contributed by atoms with Gasteiger partial charge in [0, 0.05) is 16.3 Å². The third kappa shape index (κ3) is 4.87. The first-order valence-electron chi connectivity index (χ1n) is 7.82. The maximum absolute atomic E-state index is 12.3. The second-order valence-corrected chi connectivity index (χ2v) is 7.26. The molecule has 0 atom stereocenters. The number of urea groups is 1. The molecule has 0 aliphatic heterocycles. The maximum atomic E-state index is 12.3. The van der Waals surface area contributed by atoms with Crippen molar-refractivity contribution in [2.75, 3.05) is 22.2 Å². The molecular weight excluding hydrogens is 366 g/mol. The molecule has 1 aromatic heterocycles. The summed E-state index contributed by atoms with van der Waals surface area (Å²) in [4.78, 5) is 26.0. The first-order valence-corrected chi connectivity index (χ1v) is 9.86. The SMILES string of the molecule is CSc1ccc(NC(=O)c2ccc(NC(=O)Nc3ccccc3)s2)cc1. The molecule has 0 aliphatic carbocycles. The second-order valence-electron chi connectivity index (χ2n) is 5.29. The monoisotopic (exact) mass is 383 g/mol. The van der Waals surface area contributed by atoms with E-state index in [1.54, 1.807) is 36.0 Å². The molecule has 0 unspecified atom stereocenters. The van der Waals surface area contributed by atoms with Gasteiger partial charge < -0.3 is 10.6 Å². The van der Waals surface area contributed by atoms with E-state index >= 15 is 0 Å². The third-order valence-corrected chi connectivity index (χ3v) is 5.19. The Morgan fingerprint density at radius 1 is 0.808 bits per heavy atom. The highest BCUT2D eigenvalue weighted by Gasteiger charge is 2.11. The van der Waals surface area contributed by atoms with E-state index in [1.807, 2.05) is 48.7 Å². The summed E-state index contributed by atoms with van der Waals surface area (Å²) in [6.45, 7) is 0. The normalized spacial score (nSPS) is 10.2. The van der Waals surface area contributed by atoms with Crippen LogP contribution >= 0.6 is 23.1 Å². The van der Waals surface area contributed by atoms with Gasteiger partial charge in [0.05, 0.1) is 9.88 Å². The summed E-state index contributed by atoms with van der Waals surface area (Å²) in [5.41, 5.74) is 1.44. The molecule has 26 heavy (non-hydrogen) atoms. The Hall–Kier alpha value is -2.77. The van der Waals surface area contributed by atoms with Crippen LogP contribution in [0.5, 0.6) is 0 Å². The minimum absolute atomic E-state index is 0.205. The van der Waals surface area contributed by atoms with Gasteiger partial charge in [-0.2, -0.15) is 0 Å². The molecular formula is C19H17N3O2S2. The van der Waals surface area contributed by atoms with Crippen LogP contribution in [0.4, 0.5) is 21.2 Å². The largest absolute Gasteiger partial charge is 0.324 e. The van der Waals surface area contributed by atoms with Crippen LogP contribution in [0.25, 0.3) is 0 Å². The van der Waals surface area contributed by atoms with Crippen LogP contribution in [0.15, 0.2) is 71.6 Å². The number of nitrogens with one attached hydrogen (secondary N) is 3. The van der Waals surface area contributed by atoms with Crippen molar-refractivity contribution >= 4 is 51.4 Å². The number of para-hydroxylation sites is 1. The van der Waals surface area contributed by atoms with Crippen LogP contribution in [-0.2, 0) is 0 Å². The molecule has 0 spiro atoms. The van der Waals surface area contributed by atoms with Gasteiger partial charge in [0.15, 0.2) is 0 Å². The van der Waals surface area contributed by atoms with E-state index in [4.69, 9.17) is 0 Å². The van der Waals surface area contributed by atoms with Gasteiger partial charge in [-0.15, -0.1) is 23.1 Å². The number of carbonyl (C=O) groups excluding carboxylic acids is 2. The summed E-state index contributed by atoms with van der Waals surface area (Å²) in [6.07, 6.45) is 2.00. The number of carbonyl (C=O) groups is 2. The van der Waals surface area contributed by atoms with Crippen molar-refractivity contribution in [3.63, 3.8) is 0 Å². The fourth-order valence-corrected chi connectivity index (χ4v) is 3.39. The molecule has 0 saturated heterocycles. The summed E-state index contributed by atoms with van der Waals surface area (Å²) >= 11 is 2.86. The van der Waals surface area contributed by atoms with Crippen molar-refractivity contribution in [2.45, 2.75) is 4.90 Å². The molecule has 0 radical (unpaired) electrons. The molecule has 2 aromatic carbocycles. The van der Waals surface area contributed by atoms with Gasteiger partial charge in [0.25, 0.3) is 5.91 Å². The number of hydrogen-bond donors (Lipinski definition) is 3. The van der Waals surface area contributed by atoms with Gasteiger partial charge in [0.2, 0.25) is 0 Å². The quantitative estimate of drug-likeness (QED) is 0.519. The minimum atomic E-state index is -0.349. The third-order valence-electron chi connectivity index (χ3n) is 3.45. The van der Waals surface area contributed by atoms with Crippen molar-refractivity contribution in [1.29, 1.82) is 0 Å². The molecule has 1 heterocycles. The lowest BCUT2D eigenvalue weighted by Crippen LogP contribution is -2.18. The number of amides is 3. The fourth-order valence-electron chi connectivity index (χ4n) is 2.19. The maximum Gasteiger partial charge on any atom is 0.324 e. The molecule has 7 heteroatoms. The predicted octanol–water partition coefficient (Wildman–Crippen LogP) is 5.37. The fraction of sp³-hybridized carbons (Fsp3) is 0.0526. The first-order chi connectivity index (χ1) is 12.6. The van der Waals surface area contributed by atoms with E-state index in [0.717, 1.165) is 10.6 Å².